The largest absolute Gasteiger partial charge is 0.398 e. The van der Waals surface area contributed by atoms with Gasteiger partial charge in [-0.1, -0.05) is 15.9 Å². The van der Waals surface area contributed by atoms with Crippen LogP contribution in [0.2, 0.25) is 0 Å². The number of benzene rings is 1. The average molecular weight is 337 g/mol. The third-order valence-electron chi connectivity index (χ3n) is 3.29. The molecule has 5 nitrogen and oxygen atoms in total. The van der Waals surface area contributed by atoms with E-state index in [0.29, 0.717) is 17.8 Å². The maximum atomic E-state index is 12.5. The summed E-state index contributed by atoms with van der Waals surface area (Å²) in [7, 11) is 3.66. The van der Waals surface area contributed by atoms with Crippen LogP contribution in [0.5, 0.6) is 0 Å². The molecule has 0 fully saturated rings. The van der Waals surface area contributed by atoms with Crippen molar-refractivity contribution in [1.82, 2.24) is 14.5 Å². The third kappa shape index (κ3) is 2.85. The molecule has 1 aromatic carbocycles. The van der Waals surface area contributed by atoms with E-state index >= 15 is 0 Å². The van der Waals surface area contributed by atoms with E-state index in [4.69, 9.17) is 5.73 Å². The Kier molecular flexibility index (Phi) is 4.13. The number of imidazole rings is 1. The highest BCUT2D eigenvalue weighted by molar-refractivity contribution is 9.10. The molecule has 2 aromatic rings. The molecule has 2 N–H and O–H groups in total. The van der Waals surface area contributed by atoms with Crippen molar-refractivity contribution in [3.8, 4) is 0 Å². The summed E-state index contributed by atoms with van der Waals surface area (Å²) < 4.78 is 2.70. The smallest absolute Gasteiger partial charge is 0.254 e. The molecular weight excluding hydrogens is 320 g/mol. The average Bonchev–Trinajstić information content (AvgIpc) is 2.78. The molecule has 0 bridgehead atoms. The quantitative estimate of drug-likeness (QED) is 0.875. The summed E-state index contributed by atoms with van der Waals surface area (Å²) in [5.41, 5.74) is 7.91. The Bertz CT molecular complexity index is 651. The van der Waals surface area contributed by atoms with Crippen LogP contribution in [0.1, 0.15) is 21.7 Å². The fraction of sp³-hybridized carbons (Fsp3) is 0.286. The summed E-state index contributed by atoms with van der Waals surface area (Å²) in [6.07, 6.45) is 3.58. The van der Waals surface area contributed by atoms with Gasteiger partial charge in [-0.15, -0.1) is 0 Å². The van der Waals surface area contributed by atoms with Gasteiger partial charge in [-0.25, -0.2) is 4.98 Å². The Morgan fingerprint density at radius 3 is 2.80 bits per heavy atom. The number of nitrogen functional groups attached to an aromatic ring is 1. The number of hydrogen-bond donors (Lipinski definition) is 1. The van der Waals surface area contributed by atoms with Gasteiger partial charge in [-0.2, -0.15) is 0 Å². The Labute approximate surface area is 126 Å². The van der Waals surface area contributed by atoms with Crippen LogP contribution in [0.25, 0.3) is 0 Å². The van der Waals surface area contributed by atoms with Crippen LogP contribution in [0.15, 0.2) is 29.0 Å². The number of rotatable bonds is 3. The molecule has 0 aliphatic heterocycles. The Balaban J connectivity index is 2.25. The molecule has 20 heavy (non-hydrogen) atoms. The Hall–Kier alpha value is -1.82. The van der Waals surface area contributed by atoms with Crippen LogP contribution in [0, 0.1) is 6.92 Å². The zero-order chi connectivity index (χ0) is 14.9. The molecule has 2 rings (SSSR count). The second-order valence-corrected chi connectivity index (χ2v) is 5.70. The molecule has 1 amide bonds. The van der Waals surface area contributed by atoms with Gasteiger partial charge in [0.05, 0.1) is 6.54 Å². The Morgan fingerprint density at radius 2 is 2.20 bits per heavy atom. The maximum absolute atomic E-state index is 12.5. The number of nitrogens with zero attached hydrogens (tertiary/aromatic N) is 3. The number of nitrogens with two attached hydrogens (primary N) is 1. The lowest BCUT2D eigenvalue weighted by Crippen LogP contribution is -2.28. The molecule has 0 atom stereocenters. The predicted molar refractivity (Wildman–Crippen MR) is 82.3 cm³/mol. The first-order valence-electron chi connectivity index (χ1n) is 6.17. The van der Waals surface area contributed by atoms with E-state index in [0.717, 1.165) is 15.9 Å². The van der Waals surface area contributed by atoms with Gasteiger partial charge >= 0.3 is 0 Å². The Morgan fingerprint density at radius 1 is 1.50 bits per heavy atom. The monoisotopic (exact) mass is 336 g/mol. The van der Waals surface area contributed by atoms with Crippen molar-refractivity contribution in [3.05, 3.63) is 46.0 Å². The number of anilines is 1. The third-order valence-corrected chi connectivity index (χ3v) is 3.75. The van der Waals surface area contributed by atoms with Crippen molar-refractivity contribution in [1.29, 1.82) is 0 Å². The molecule has 0 saturated carbocycles. The number of carbonyl (C=O) groups is 1. The van der Waals surface area contributed by atoms with Crippen molar-refractivity contribution < 1.29 is 4.79 Å². The summed E-state index contributed by atoms with van der Waals surface area (Å²) in [4.78, 5) is 18.4. The summed E-state index contributed by atoms with van der Waals surface area (Å²) >= 11 is 3.37. The van der Waals surface area contributed by atoms with Crippen LogP contribution in [-0.4, -0.2) is 27.4 Å². The van der Waals surface area contributed by atoms with E-state index in [1.807, 2.05) is 24.7 Å². The minimum absolute atomic E-state index is 0.0708. The number of halogens is 1. The zero-order valence-electron chi connectivity index (χ0n) is 11.7. The summed E-state index contributed by atoms with van der Waals surface area (Å²) in [6.45, 7) is 2.30. The zero-order valence-corrected chi connectivity index (χ0v) is 13.3. The predicted octanol–water partition coefficient (Wildman–Crippen LogP) is 2.35. The standard InChI is InChI=1S/C14H17BrN4O/c1-9-11(6-10(15)7-12(9)16)14(20)19(3)8-13-17-4-5-18(13)2/h4-7H,8,16H2,1-3H3. The molecule has 0 aliphatic rings. The lowest BCUT2D eigenvalue weighted by Gasteiger charge is -2.19. The molecule has 0 saturated heterocycles. The minimum Gasteiger partial charge on any atom is -0.398 e. The summed E-state index contributed by atoms with van der Waals surface area (Å²) in [5, 5.41) is 0. The van der Waals surface area contributed by atoms with Crippen LogP contribution in [0.4, 0.5) is 5.69 Å². The molecular formula is C14H17BrN4O. The summed E-state index contributed by atoms with van der Waals surface area (Å²) in [5.74, 6) is 0.764. The van der Waals surface area contributed by atoms with Gasteiger partial charge in [-0.3, -0.25) is 4.79 Å². The van der Waals surface area contributed by atoms with Crippen LogP contribution < -0.4 is 5.73 Å². The lowest BCUT2D eigenvalue weighted by atomic mass is 10.1. The topological polar surface area (TPSA) is 64.2 Å². The van der Waals surface area contributed by atoms with E-state index in [-0.39, 0.29) is 5.91 Å². The normalized spacial score (nSPS) is 10.6. The van der Waals surface area contributed by atoms with Gasteiger partial charge in [0, 0.05) is 42.2 Å². The van der Waals surface area contributed by atoms with Gasteiger partial charge < -0.3 is 15.2 Å². The van der Waals surface area contributed by atoms with E-state index < -0.39 is 0 Å². The number of aromatic nitrogens is 2. The van der Waals surface area contributed by atoms with Crippen LogP contribution >= 0.6 is 15.9 Å². The highest BCUT2D eigenvalue weighted by atomic mass is 79.9. The molecule has 0 spiro atoms. The first kappa shape index (κ1) is 14.6. The minimum atomic E-state index is -0.0708. The fourth-order valence-electron chi connectivity index (χ4n) is 1.96. The number of amides is 1. The molecule has 1 aromatic heterocycles. The fourth-order valence-corrected chi connectivity index (χ4v) is 2.44. The number of aryl methyl sites for hydroxylation is 1. The molecule has 6 heteroatoms. The molecule has 1 heterocycles. The van der Waals surface area contributed by atoms with Crippen molar-refractivity contribution in [2.24, 2.45) is 7.05 Å². The van der Waals surface area contributed by atoms with Gasteiger partial charge in [0.15, 0.2) is 0 Å². The van der Waals surface area contributed by atoms with Crippen LogP contribution in [-0.2, 0) is 13.6 Å². The van der Waals surface area contributed by atoms with Crippen molar-refractivity contribution in [3.63, 3.8) is 0 Å². The summed E-state index contributed by atoms with van der Waals surface area (Å²) in [6, 6.07) is 3.59. The SMILES string of the molecule is Cc1c(N)cc(Br)cc1C(=O)N(C)Cc1nccn1C. The lowest BCUT2D eigenvalue weighted by molar-refractivity contribution is 0.0780. The van der Waals surface area contributed by atoms with Crippen molar-refractivity contribution in [2.45, 2.75) is 13.5 Å². The van der Waals surface area contributed by atoms with Gasteiger partial charge in [0.1, 0.15) is 5.82 Å². The highest BCUT2D eigenvalue weighted by Gasteiger charge is 2.17. The molecule has 106 valence electrons. The van der Waals surface area contributed by atoms with Gasteiger partial charge in [0.25, 0.3) is 5.91 Å². The van der Waals surface area contributed by atoms with E-state index in [1.165, 1.54) is 0 Å². The second kappa shape index (κ2) is 5.66. The molecule has 0 aliphatic carbocycles. The van der Waals surface area contributed by atoms with Crippen LogP contribution in [0.3, 0.4) is 0 Å². The van der Waals surface area contributed by atoms with E-state index in [2.05, 4.69) is 20.9 Å². The molecule has 0 radical (unpaired) electrons. The first-order chi connectivity index (χ1) is 9.40. The second-order valence-electron chi connectivity index (χ2n) is 4.78. The van der Waals surface area contributed by atoms with E-state index in [1.54, 1.807) is 30.3 Å². The van der Waals surface area contributed by atoms with Crippen molar-refractivity contribution in [2.75, 3.05) is 12.8 Å². The van der Waals surface area contributed by atoms with Crippen molar-refractivity contribution >= 4 is 27.5 Å². The first-order valence-corrected chi connectivity index (χ1v) is 6.96. The number of hydrogen-bond acceptors (Lipinski definition) is 3. The van der Waals surface area contributed by atoms with E-state index in [9.17, 15) is 4.79 Å². The number of carbonyl (C=O) groups excluding carboxylic acids is 1. The van der Waals surface area contributed by atoms with Gasteiger partial charge in [0.2, 0.25) is 0 Å². The molecule has 0 unspecified atom stereocenters. The highest BCUT2D eigenvalue weighted by Crippen LogP contribution is 2.24. The van der Waals surface area contributed by atoms with Gasteiger partial charge in [-0.05, 0) is 24.6 Å². The maximum Gasteiger partial charge on any atom is 0.254 e.